The van der Waals surface area contributed by atoms with Crippen LogP contribution in [0, 0.1) is 25.2 Å². The zero-order valence-electron chi connectivity index (χ0n) is 16.4. The molecule has 2 atom stereocenters. The minimum atomic E-state index is -4.47. The fourth-order valence-electron chi connectivity index (χ4n) is 3.50. The highest BCUT2D eigenvalue weighted by Gasteiger charge is 2.35. The number of likely N-dealkylation sites (tertiary alicyclic amines) is 1. The van der Waals surface area contributed by atoms with Gasteiger partial charge in [-0.15, -0.1) is 0 Å². The molecule has 0 spiro atoms. The van der Waals surface area contributed by atoms with Crippen LogP contribution in [-0.4, -0.2) is 39.9 Å². The highest BCUT2D eigenvalue weighted by Crippen LogP contribution is 2.32. The first-order valence-corrected chi connectivity index (χ1v) is 9.29. The van der Waals surface area contributed by atoms with E-state index in [-0.39, 0.29) is 29.1 Å². The molecule has 1 amide bonds. The number of nitrogens with one attached hydrogen (secondary N) is 2. The van der Waals surface area contributed by atoms with Gasteiger partial charge in [-0.25, -0.2) is 4.98 Å². The molecule has 0 radical (unpaired) electrons. The number of aryl methyl sites for hydroxylation is 1. The lowest BCUT2D eigenvalue weighted by atomic mass is 9.96. The Hall–Kier alpha value is -2.80. The highest BCUT2D eigenvalue weighted by molar-refractivity contribution is 5.94. The standard InChI is InChI=1S/C19H22F3N5O2/c1-10-12(3)29-18(14(10)7-23)26-17(28)11(2)27-6-4-5-13(9-27)16-24-8-15(25-16)19(20,21)22/h8,11,13H,4-6,9H2,1-3H3,(H,24,25)(H,26,28)/t11-,13-/m0/s1. The van der Waals surface area contributed by atoms with Crippen LogP contribution < -0.4 is 5.32 Å². The van der Waals surface area contributed by atoms with E-state index in [1.165, 1.54) is 0 Å². The van der Waals surface area contributed by atoms with Crippen LogP contribution >= 0.6 is 0 Å². The summed E-state index contributed by atoms with van der Waals surface area (Å²) in [6, 6.07) is 1.48. The molecule has 1 aliphatic heterocycles. The number of halogens is 3. The average molecular weight is 409 g/mol. The first-order valence-electron chi connectivity index (χ1n) is 9.29. The number of nitriles is 1. The van der Waals surface area contributed by atoms with Crippen LogP contribution in [0.2, 0.25) is 0 Å². The van der Waals surface area contributed by atoms with Crippen molar-refractivity contribution in [1.82, 2.24) is 14.9 Å². The third-order valence-electron chi connectivity index (χ3n) is 5.40. The summed E-state index contributed by atoms with van der Waals surface area (Å²) >= 11 is 0. The van der Waals surface area contributed by atoms with Crippen molar-refractivity contribution >= 4 is 11.8 Å². The Morgan fingerprint density at radius 3 is 2.83 bits per heavy atom. The Morgan fingerprint density at radius 1 is 1.48 bits per heavy atom. The molecule has 1 fully saturated rings. The van der Waals surface area contributed by atoms with E-state index in [0.29, 0.717) is 30.8 Å². The van der Waals surface area contributed by atoms with E-state index in [0.717, 1.165) is 12.6 Å². The van der Waals surface area contributed by atoms with Crippen molar-refractivity contribution in [3.63, 3.8) is 0 Å². The van der Waals surface area contributed by atoms with E-state index in [2.05, 4.69) is 15.3 Å². The molecule has 1 aliphatic rings. The van der Waals surface area contributed by atoms with Gasteiger partial charge in [0.15, 0.2) is 0 Å². The Balaban J connectivity index is 1.69. The Morgan fingerprint density at radius 2 is 2.21 bits per heavy atom. The van der Waals surface area contributed by atoms with Crippen molar-refractivity contribution in [2.45, 2.75) is 51.7 Å². The second-order valence-corrected chi connectivity index (χ2v) is 7.28. The molecule has 2 N–H and O–H groups in total. The van der Waals surface area contributed by atoms with Gasteiger partial charge in [0.25, 0.3) is 0 Å². The number of piperidine rings is 1. The molecular weight excluding hydrogens is 387 g/mol. The predicted molar refractivity (Wildman–Crippen MR) is 98.1 cm³/mol. The van der Waals surface area contributed by atoms with Crippen molar-refractivity contribution in [1.29, 1.82) is 5.26 Å². The van der Waals surface area contributed by atoms with Gasteiger partial charge in [-0.05, 0) is 40.2 Å². The zero-order chi connectivity index (χ0) is 21.3. The molecule has 0 aromatic carbocycles. The van der Waals surface area contributed by atoms with Gasteiger partial charge in [-0.3, -0.25) is 15.0 Å². The molecule has 0 bridgehead atoms. The summed E-state index contributed by atoms with van der Waals surface area (Å²) in [7, 11) is 0. The Labute approximate surface area is 165 Å². The normalized spacial score (nSPS) is 19.0. The van der Waals surface area contributed by atoms with Gasteiger partial charge in [0.2, 0.25) is 11.8 Å². The van der Waals surface area contributed by atoms with Crippen molar-refractivity contribution in [2.24, 2.45) is 0 Å². The summed E-state index contributed by atoms with van der Waals surface area (Å²) in [6.45, 7) is 6.21. The number of aromatic amines is 1. The number of nitrogens with zero attached hydrogens (tertiary/aromatic N) is 3. The minimum Gasteiger partial charge on any atom is -0.444 e. The van der Waals surface area contributed by atoms with Crippen LogP contribution in [-0.2, 0) is 11.0 Å². The molecule has 3 heterocycles. The van der Waals surface area contributed by atoms with Crippen LogP contribution in [0.4, 0.5) is 19.1 Å². The molecule has 0 saturated carbocycles. The Bertz CT molecular complexity index is 941. The van der Waals surface area contributed by atoms with Crippen molar-refractivity contribution < 1.29 is 22.4 Å². The second kappa shape index (κ2) is 7.91. The topological polar surface area (TPSA) is 97.9 Å². The highest BCUT2D eigenvalue weighted by atomic mass is 19.4. The molecule has 29 heavy (non-hydrogen) atoms. The lowest BCUT2D eigenvalue weighted by Gasteiger charge is -2.35. The van der Waals surface area contributed by atoms with Gasteiger partial charge < -0.3 is 9.40 Å². The summed E-state index contributed by atoms with van der Waals surface area (Å²) < 4.78 is 43.9. The first-order chi connectivity index (χ1) is 13.6. The fourth-order valence-corrected chi connectivity index (χ4v) is 3.50. The lowest BCUT2D eigenvalue weighted by molar-refractivity contribution is -0.141. The maximum Gasteiger partial charge on any atom is 0.432 e. The number of furan rings is 1. The minimum absolute atomic E-state index is 0.119. The number of hydrogen-bond acceptors (Lipinski definition) is 5. The average Bonchev–Trinajstić information content (AvgIpc) is 3.27. The van der Waals surface area contributed by atoms with E-state index < -0.39 is 17.9 Å². The monoisotopic (exact) mass is 409 g/mol. The molecular formula is C19H22F3N5O2. The molecule has 3 rings (SSSR count). The van der Waals surface area contributed by atoms with Crippen molar-refractivity contribution in [2.75, 3.05) is 18.4 Å². The number of carbonyl (C=O) groups excluding carboxylic acids is 1. The number of aromatic nitrogens is 2. The van der Waals surface area contributed by atoms with E-state index in [1.807, 2.05) is 11.0 Å². The van der Waals surface area contributed by atoms with Crippen LogP contribution in [0.3, 0.4) is 0 Å². The lowest BCUT2D eigenvalue weighted by Crippen LogP contribution is -2.46. The predicted octanol–water partition coefficient (Wildman–Crippen LogP) is 3.72. The van der Waals surface area contributed by atoms with E-state index in [4.69, 9.17) is 4.42 Å². The number of carbonyl (C=O) groups is 1. The number of imidazole rings is 1. The number of anilines is 1. The van der Waals surface area contributed by atoms with Crippen LogP contribution in [0.15, 0.2) is 10.6 Å². The van der Waals surface area contributed by atoms with Gasteiger partial charge in [-0.1, -0.05) is 0 Å². The summed E-state index contributed by atoms with van der Waals surface area (Å²) in [5.74, 6) is 0.387. The third kappa shape index (κ3) is 4.29. The number of amides is 1. The summed E-state index contributed by atoms with van der Waals surface area (Å²) in [4.78, 5) is 20.8. The zero-order valence-corrected chi connectivity index (χ0v) is 16.4. The van der Waals surface area contributed by atoms with E-state index >= 15 is 0 Å². The fraction of sp³-hybridized carbons (Fsp3) is 0.526. The number of H-pyrrole nitrogens is 1. The quantitative estimate of drug-likeness (QED) is 0.802. The smallest absolute Gasteiger partial charge is 0.432 e. The van der Waals surface area contributed by atoms with Gasteiger partial charge in [-0.2, -0.15) is 18.4 Å². The number of hydrogen-bond donors (Lipinski definition) is 2. The maximum atomic E-state index is 12.8. The molecule has 2 aromatic heterocycles. The molecule has 7 nitrogen and oxygen atoms in total. The molecule has 10 heteroatoms. The second-order valence-electron chi connectivity index (χ2n) is 7.28. The molecule has 156 valence electrons. The van der Waals surface area contributed by atoms with Gasteiger partial charge in [0.05, 0.1) is 12.2 Å². The van der Waals surface area contributed by atoms with Gasteiger partial charge in [0, 0.05) is 18.0 Å². The molecule has 0 aliphatic carbocycles. The Kier molecular flexibility index (Phi) is 5.71. The van der Waals surface area contributed by atoms with Crippen molar-refractivity contribution in [3.05, 3.63) is 34.6 Å². The van der Waals surface area contributed by atoms with Crippen molar-refractivity contribution in [3.8, 4) is 6.07 Å². The van der Waals surface area contributed by atoms with Crippen LogP contribution in [0.1, 0.15) is 54.1 Å². The summed E-state index contributed by atoms with van der Waals surface area (Å²) in [5, 5.41) is 11.9. The molecule has 1 saturated heterocycles. The maximum absolute atomic E-state index is 12.8. The first kappa shape index (κ1) is 20.9. The molecule has 0 unspecified atom stereocenters. The van der Waals surface area contributed by atoms with Crippen LogP contribution in [0.25, 0.3) is 0 Å². The van der Waals surface area contributed by atoms with E-state index in [9.17, 15) is 23.2 Å². The number of rotatable bonds is 4. The van der Waals surface area contributed by atoms with Gasteiger partial charge in [0.1, 0.15) is 28.9 Å². The largest absolute Gasteiger partial charge is 0.444 e. The summed E-state index contributed by atoms with van der Waals surface area (Å²) in [6.07, 6.45) is -2.25. The summed E-state index contributed by atoms with van der Waals surface area (Å²) in [5.41, 5.74) is 0.0876. The third-order valence-corrected chi connectivity index (χ3v) is 5.40. The molecule has 2 aromatic rings. The van der Waals surface area contributed by atoms with Gasteiger partial charge >= 0.3 is 6.18 Å². The van der Waals surface area contributed by atoms with E-state index in [1.54, 1.807) is 20.8 Å². The number of alkyl halides is 3. The SMILES string of the molecule is Cc1oc(NC(=O)[C@H](C)N2CCC[C@H](c3ncc(C(F)(F)F)[nH]3)C2)c(C#N)c1C. The van der Waals surface area contributed by atoms with Crippen LogP contribution in [0.5, 0.6) is 0 Å².